The van der Waals surface area contributed by atoms with Crippen LogP contribution < -0.4 is 10.2 Å². The zero-order valence-corrected chi connectivity index (χ0v) is 12.3. The molecule has 0 aliphatic carbocycles. The first-order valence-corrected chi connectivity index (χ1v) is 7.19. The van der Waals surface area contributed by atoms with Gasteiger partial charge in [0.1, 0.15) is 0 Å². The fraction of sp³-hybridized carbons (Fsp3) is 0.600. The minimum Gasteiger partial charge on any atom is -0.369 e. The number of halogens is 1. The van der Waals surface area contributed by atoms with E-state index in [0.29, 0.717) is 6.04 Å². The molecule has 1 aliphatic heterocycles. The molecule has 2 unspecified atom stereocenters. The van der Waals surface area contributed by atoms with Crippen LogP contribution in [-0.2, 0) is 6.54 Å². The van der Waals surface area contributed by atoms with Crippen LogP contribution in [0.4, 0.5) is 5.69 Å². The number of anilines is 1. The second-order valence-electron chi connectivity index (χ2n) is 5.48. The van der Waals surface area contributed by atoms with E-state index >= 15 is 0 Å². The van der Waals surface area contributed by atoms with Crippen molar-refractivity contribution in [2.75, 3.05) is 18.5 Å². The molecule has 1 saturated heterocycles. The van der Waals surface area contributed by atoms with E-state index in [4.69, 9.17) is 11.6 Å². The fourth-order valence-corrected chi connectivity index (χ4v) is 3.08. The van der Waals surface area contributed by atoms with Crippen molar-refractivity contribution >= 4 is 17.3 Å². The molecule has 3 heteroatoms. The van der Waals surface area contributed by atoms with Gasteiger partial charge in [-0.05, 0) is 50.4 Å². The van der Waals surface area contributed by atoms with E-state index in [0.717, 1.165) is 24.0 Å². The minimum atomic E-state index is 0.600. The summed E-state index contributed by atoms with van der Waals surface area (Å²) < 4.78 is 0. The number of nitrogens with one attached hydrogen (secondary N) is 1. The molecule has 100 valence electrons. The first-order valence-electron chi connectivity index (χ1n) is 6.81. The van der Waals surface area contributed by atoms with Crippen LogP contribution in [0.5, 0.6) is 0 Å². The van der Waals surface area contributed by atoms with Gasteiger partial charge in [0.15, 0.2) is 0 Å². The molecule has 0 aromatic heterocycles. The molecule has 18 heavy (non-hydrogen) atoms. The van der Waals surface area contributed by atoms with Crippen molar-refractivity contribution in [1.82, 2.24) is 5.32 Å². The van der Waals surface area contributed by atoms with E-state index in [-0.39, 0.29) is 0 Å². The number of hydrogen-bond donors (Lipinski definition) is 1. The lowest BCUT2D eigenvalue weighted by atomic mass is 9.92. The van der Waals surface area contributed by atoms with Crippen LogP contribution in [0.2, 0.25) is 5.02 Å². The van der Waals surface area contributed by atoms with E-state index in [1.54, 1.807) is 0 Å². The summed E-state index contributed by atoms with van der Waals surface area (Å²) in [5, 5.41) is 4.07. The van der Waals surface area contributed by atoms with Gasteiger partial charge in [-0.2, -0.15) is 0 Å². The highest BCUT2D eigenvalue weighted by Crippen LogP contribution is 2.32. The molecular weight excluding hydrogens is 244 g/mol. The third-order valence-electron chi connectivity index (χ3n) is 3.86. The van der Waals surface area contributed by atoms with Crippen molar-refractivity contribution in [3.8, 4) is 0 Å². The molecule has 0 spiro atoms. The molecule has 0 bridgehead atoms. The molecule has 0 saturated carbocycles. The summed E-state index contributed by atoms with van der Waals surface area (Å²) in [6.45, 7) is 6.70. The largest absolute Gasteiger partial charge is 0.369 e. The molecule has 1 aromatic carbocycles. The van der Waals surface area contributed by atoms with Crippen LogP contribution in [0.3, 0.4) is 0 Å². The summed E-state index contributed by atoms with van der Waals surface area (Å²) in [6.07, 6.45) is 2.54. The van der Waals surface area contributed by atoms with Crippen LogP contribution in [-0.4, -0.2) is 19.6 Å². The number of nitrogens with zero attached hydrogens (tertiary/aromatic N) is 1. The van der Waals surface area contributed by atoms with Crippen molar-refractivity contribution < 1.29 is 0 Å². The molecule has 1 heterocycles. The van der Waals surface area contributed by atoms with Crippen LogP contribution >= 0.6 is 11.6 Å². The average molecular weight is 267 g/mol. The number of piperidine rings is 1. The van der Waals surface area contributed by atoms with Gasteiger partial charge in [0.25, 0.3) is 0 Å². The second kappa shape index (κ2) is 5.94. The molecule has 2 nitrogen and oxygen atoms in total. The lowest BCUT2D eigenvalue weighted by molar-refractivity contribution is 0.377. The van der Waals surface area contributed by atoms with E-state index in [1.807, 2.05) is 13.1 Å². The predicted octanol–water partition coefficient (Wildman–Crippen LogP) is 3.68. The van der Waals surface area contributed by atoms with Crippen LogP contribution in [0.15, 0.2) is 18.2 Å². The Bertz CT molecular complexity index is 405. The topological polar surface area (TPSA) is 15.3 Å². The molecule has 1 fully saturated rings. The van der Waals surface area contributed by atoms with Crippen LogP contribution in [0.1, 0.15) is 32.3 Å². The predicted molar refractivity (Wildman–Crippen MR) is 79.4 cm³/mol. The van der Waals surface area contributed by atoms with Gasteiger partial charge in [-0.1, -0.05) is 24.6 Å². The summed E-state index contributed by atoms with van der Waals surface area (Å²) in [5.74, 6) is 0.836. The number of benzene rings is 1. The zero-order chi connectivity index (χ0) is 13.1. The average Bonchev–Trinajstić information content (AvgIpc) is 2.32. The molecule has 1 N–H and O–H groups in total. The Balaban J connectivity index is 2.28. The fourth-order valence-electron chi connectivity index (χ4n) is 2.91. The van der Waals surface area contributed by atoms with Crippen LogP contribution in [0, 0.1) is 5.92 Å². The molecule has 1 aromatic rings. The maximum absolute atomic E-state index is 6.17. The summed E-state index contributed by atoms with van der Waals surface area (Å²) >= 11 is 6.17. The Kier molecular flexibility index (Phi) is 4.52. The summed E-state index contributed by atoms with van der Waals surface area (Å²) in [7, 11) is 1.99. The number of hydrogen-bond acceptors (Lipinski definition) is 2. The Labute approximate surface area is 115 Å². The van der Waals surface area contributed by atoms with E-state index in [1.165, 1.54) is 24.1 Å². The van der Waals surface area contributed by atoms with E-state index in [9.17, 15) is 0 Å². The van der Waals surface area contributed by atoms with E-state index in [2.05, 4.69) is 36.2 Å². The lowest BCUT2D eigenvalue weighted by Gasteiger charge is -2.39. The number of rotatable bonds is 3. The van der Waals surface area contributed by atoms with Gasteiger partial charge in [0, 0.05) is 29.8 Å². The van der Waals surface area contributed by atoms with E-state index < -0.39 is 0 Å². The molecular formula is C15H23ClN2. The SMILES string of the molecule is CNCc1ccc(Cl)cc1N1CCC(C)CC1C. The van der Waals surface area contributed by atoms with Crippen molar-refractivity contribution in [2.24, 2.45) is 5.92 Å². The minimum absolute atomic E-state index is 0.600. The Morgan fingerprint density at radius 3 is 2.83 bits per heavy atom. The van der Waals surface area contributed by atoms with Gasteiger partial charge >= 0.3 is 0 Å². The molecule has 0 amide bonds. The van der Waals surface area contributed by atoms with Crippen molar-refractivity contribution in [3.63, 3.8) is 0 Å². The quantitative estimate of drug-likeness (QED) is 0.898. The van der Waals surface area contributed by atoms with Gasteiger partial charge < -0.3 is 10.2 Å². The van der Waals surface area contributed by atoms with Gasteiger partial charge in [0.05, 0.1) is 0 Å². The molecule has 0 radical (unpaired) electrons. The Hall–Kier alpha value is -0.730. The summed E-state index contributed by atoms with van der Waals surface area (Å²) in [4.78, 5) is 2.51. The molecule has 2 rings (SSSR count). The third kappa shape index (κ3) is 2.99. The highest BCUT2D eigenvalue weighted by atomic mass is 35.5. The van der Waals surface area contributed by atoms with Crippen LogP contribution in [0.25, 0.3) is 0 Å². The van der Waals surface area contributed by atoms with Crippen molar-refractivity contribution in [2.45, 2.75) is 39.3 Å². The highest BCUT2D eigenvalue weighted by molar-refractivity contribution is 6.30. The van der Waals surface area contributed by atoms with Gasteiger partial charge in [-0.3, -0.25) is 0 Å². The summed E-state index contributed by atoms with van der Waals surface area (Å²) in [6, 6.07) is 6.83. The Morgan fingerprint density at radius 2 is 2.17 bits per heavy atom. The lowest BCUT2D eigenvalue weighted by Crippen LogP contribution is -2.40. The smallest absolute Gasteiger partial charge is 0.0429 e. The zero-order valence-electron chi connectivity index (χ0n) is 11.5. The first-order chi connectivity index (χ1) is 8.61. The monoisotopic (exact) mass is 266 g/mol. The first kappa shape index (κ1) is 13.7. The highest BCUT2D eigenvalue weighted by Gasteiger charge is 2.24. The normalized spacial score (nSPS) is 24.3. The maximum atomic E-state index is 6.17. The van der Waals surface area contributed by atoms with Gasteiger partial charge in [0.2, 0.25) is 0 Å². The van der Waals surface area contributed by atoms with Crippen molar-refractivity contribution in [3.05, 3.63) is 28.8 Å². The van der Waals surface area contributed by atoms with Crippen molar-refractivity contribution in [1.29, 1.82) is 0 Å². The molecule has 2 atom stereocenters. The van der Waals surface area contributed by atoms with Gasteiger partial charge in [-0.25, -0.2) is 0 Å². The van der Waals surface area contributed by atoms with Gasteiger partial charge in [-0.15, -0.1) is 0 Å². The standard InChI is InChI=1S/C15H23ClN2/c1-11-6-7-18(12(2)8-11)15-9-14(16)5-4-13(15)10-17-3/h4-5,9,11-12,17H,6-8,10H2,1-3H3. The Morgan fingerprint density at radius 1 is 1.39 bits per heavy atom. The maximum Gasteiger partial charge on any atom is 0.0429 e. The summed E-state index contributed by atoms with van der Waals surface area (Å²) in [5.41, 5.74) is 2.64. The second-order valence-corrected chi connectivity index (χ2v) is 5.91. The molecule has 1 aliphatic rings. The third-order valence-corrected chi connectivity index (χ3v) is 4.10.